The molecule has 0 aliphatic rings. The van der Waals surface area contributed by atoms with E-state index in [4.69, 9.17) is 4.74 Å². The standard InChI is InChI=1S/C15H23NO2/c1-5-13(11(2)3)16-14(15(17)18-4)12-9-7-6-8-10-12/h6-11,13-14,16H,5H2,1-4H3. The molecule has 0 saturated carbocycles. The van der Waals surface area contributed by atoms with Crippen molar-refractivity contribution < 1.29 is 9.53 Å². The van der Waals surface area contributed by atoms with Crippen molar-refractivity contribution in [1.29, 1.82) is 0 Å². The molecule has 0 bridgehead atoms. The molecule has 0 fully saturated rings. The van der Waals surface area contributed by atoms with Gasteiger partial charge in [-0.3, -0.25) is 5.32 Å². The lowest BCUT2D eigenvalue weighted by molar-refractivity contribution is -0.143. The molecule has 1 aromatic carbocycles. The highest BCUT2D eigenvalue weighted by molar-refractivity contribution is 5.77. The molecule has 0 aliphatic carbocycles. The van der Waals surface area contributed by atoms with Crippen LogP contribution in [-0.4, -0.2) is 19.1 Å². The first-order valence-corrected chi connectivity index (χ1v) is 6.49. The van der Waals surface area contributed by atoms with E-state index in [9.17, 15) is 4.79 Å². The molecule has 0 spiro atoms. The van der Waals surface area contributed by atoms with Crippen LogP contribution in [0.2, 0.25) is 0 Å². The number of hydrogen-bond acceptors (Lipinski definition) is 3. The van der Waals surface area contributed by atoms with E-state index in [2.05, 4.69) is 26.1 Å². The van der Waals surface area contributed by atoms with Crippen LogP contribution < -0.4 is 5.32 Å². The van der Waals surface area contributed by atoms with E-state index >= 15 is 0 Å². The van der Waals surface area contributed by atoms with Gasteiger partial charge in [0.1, 0.15) is 6.04 Å². The van der Waals surface area contributed by atoms with Crippen LogP contribution >= 0.6 is 0 Å². The Morgan fingerprint density at radius 3 is 2.33 bits per heavy atom. The van der Waals surface area contributed by atoms with Crippen molar-refractivity contribution in [2.24, 2.45) is 5.92 Å². The molecular weight excluding hydrogens is 226 g/mol. The van der Waals surface area contributed by atoms with Crippen LogP contribution in [-0.2, 0) is 9.53 Å². The molecule has 1 N–H and O–H groups in total. The zero-order valence-electron chi connectivity index (χ0n) is 11.6. The molecule has 0 radical (unpaired) electrons. The summed E-state index contributed by atoms with van der Waals surface area (Å²) in [5.41, 5.74) is 0.948. The van der Waals surface area contributed by atoms with E-state index in [1.165, 1.54) is 7.11 Å². The predicted molar refractivity (Wildman–Crippen MR) is 73.3 cm³/mol. The fraction of sp³-hybridized carbons (Fsp3) is 0.533. The Labute approximate surface area is 110 Å². The van der Waals surface area contributed by atoms with E-state index < -0.39 is 0 Å². The Kier molecular flexibility index (Phi) is 5.86. The quantitative estimate of drug-likeness (QED) is 0.788. The van der Waals surface area contributed by atoms with Crippen molar-refractivity contribution in [2.75, 3.05) is 7.11 Å². The molecule has 0 heterocycles. The maximum atomic E-state index is 11.9. The lowest BCUT2D eigenvalue weighted by Gasteiger charge is -2.26. The molecule has 1 rings (SSSR count). The fourth-order valence-corrected chi connectivity index (χ4v) is 2.06. The van der Waals surface area contributed by atoms with Gasteiger partial charge in [0.15, 0.2) is 0 Å². The minimum Gasteiger partial charge on any atom is -0.468 e. The zero-order valence-corrected chi connectivity index (χ0v) is 11.6. The number of ether oxygens (including phenoxy) is 1. The first kappa shape index (κ1) is 14.7. The van der Waals surface area contributed by atoms with Crippen molar-refractivity contribution >= 4 is 5.97 Å². The van der Waals surface area contributed by atoms with Gasteiger partial charge >= 0.3 is 5.97 Å². The first-order valence-electron chi connectivity index (χ1n) is 6.49. The summed E-state index contributed by atoms with van der Waals surface area (Å²) in [5.74, 6) is 0.242. The third kappa shape index (κ3) is 3.84. The van der Waals surface area contributed by atoms with Gasteiger partial charge in [0, 0.05) is 6.04 Å². The second-order valence-corrected chi connectivity index (χ2v) is 4.79. The van der Waals surface area contributed by atoms with Gasteiger partial charge in [-0.1, -0.05) is 51.1 Å². The summed E-state index contributed by atoms with van der Waals surface area (Å²) < 4.78 is 4.89. The van der Waals surface area contributed by atoms with Crippen molar-refractivity contribution in [3.05, 3.63) is 35.9 Å². The number of rotatable bonds is 6. The third-order valence-electron chi connectivity index (χ3n) is 3.20. The Hall–Kier alpha value is -1.35. The van der Waals surface area contributed by atoms with Crippen LogP contribution in [0.1, 0.15) is 38.8 Å². The number of methoxy groups -OCH3 is 1. The molecule has 1 aromatic rings. The summed E-state index contributed by atoms with van der Waals surface area (Å²) >= 11 is 0. The van der Waals surface area contributed by atoms with Gasteiger partial charge in [-0.2, -0.15) is 0 Å². The first-order chi connectivity index (χ1) is 8.60. The van der Waals surface area contributed by atoms with Crippen molar-refractivity contribution in [3.63, 3.8) is 0 Å². The lowest BCUT2D eigenvalue weighted by atomic mass is 9.98. The van der Waals surface area contributed by atoms with Crippen molar-refractivity contribution in [2.45, 2.75) is 39.3 Å². The topological polar surface area (TPSA) is 38.3 Å². The predicted octanol–water partition coefficient (Wildman–Crippen LogP) is 2.92. The molecule has 0 amide bonds. The van der Waals surface area contributed by atoms with Gasteiger partial charge < -0.3 is 4.74 Å². The second-order valence-electron chi connectivity index (χ2n) is 4.79. The molecule has 18 heavy (non-hydrogen) atoms. The maximum absolute atomic E-state index is 11.9. The Balaban J connectivity index is 2.89. The molecule has 3 nitrogen and oxygen atoms in total. The molecule has 3 heteroatoms. The molecule has 0 aromatic heterocycles. The van der Waals surface area contributed by atoms with Crippen LogP contribution in [0.3, 0.4) is 0 Å². The number of nitrogens with one attached hydrogen (secondary N) is 1. The van der Waals surface area contributed by atoms with Gasteiger partial charge in [0.05, 0.1) is 7.11 Å². The SMILES string of the molecule is CCC(NC(C(=O)OC)c1ccccc1)C(C)C. The summed E-state index contributed by atoms with van der Waals surface area (Å²) in [7, 11) is 1.43. The van der Waals surface area contributed by atoms with E-state index in [1.54, 1.807) is 0 Å². The maximum Gasteiger partial charge on any atom is 0.327 e. The highest BCUT2D eigenvalue weighted by Crippen LogP contribution is 2.18. The zero-order chi connectivity index (χ0) is 13.5. The summed E-state index contributed by atoms with van der Waals surface area (Å²) in [6, 6.07) is 9.62. The van der Waals surface area contributed by atoms with E-state index in [0.29, 0.717) is 12.0 Å². The number of carbonyl (C=O) groups is 1. The van der Waals surface area contributed by atoms with E-state index in [1.807, 2.05) is 30.3 Å². The second kappa shape index (κ2) is 7.17. The van der Waals surface area contributed by atoms with Gasteiger partial charge in [-0.15, -0.1) is 0 Å². The van der Waals surface area contributed by atoms with Gasteiger partial charge in [0.25, 0.3) is 0 Å². The van der Waals surface area contributed by atoms with Crippen LogP contribution in [0.25, 0.3) is 0 Å². The monoisotopic (exact) mass is 249 g/mol. The van der Waals surface area contributed by atoms with Gasteiger partial charge in [-0.25, -0.2) is 4.79 Å². The highest BCUT2D eigenvalue weighted by atomic mass is 16.5. The Morgan fingerprint density at radius 2 is 1.89 bits per heavy atom. The highest BCUT2D eigenvalue weighted by Gasteiger charge is 2.24. The van der Waals surface area contributed by atoms with Crippen LogP contribution in [0, 0.1) is 5.92 Å². The molecule has 2 atom stereocenters. The minimum absolute atomic E-state index is 0.236. The van der Waals surface area contributed by atoms with Gasteiger partial charge in [-0.05, 0) is 17.9 Å². The lowest BCUT2D eigenvalue weighted by Crippen LogP contribution is -2.40. The molecular formula is C15H23NO2. The number of esters is 1. The Bertz CT molecular complexity index is 362. The number of hydrogen-bond donors (Lipinski definition) is 1. The summed E-state index contributed by atoms with van der Waals surface area (Å²) in [6.07, 6.45) is 0.984. The summed E-state index contributed by atoms with van der Waals surface area (Å²) in [5, 5.41) is 3.40. The molecule has 2 unspecified atom stereocenters. The average molecular weight is 249 g/mol. The largest absolute Gasteiger partial charge is 0.468 e. The summed E-state index contributed by atoms with van der Waals surface area (Å²) in [6.45, 7) is 6.43. The van der Waals surface area contributed by atoms with Crippen molar-refractivity contribution in [1.82, 2.24) is 5.32 Å². The molecule has 100 valence electrons. The smallest absolute Gasteiger partial charge is 0.327 e. The molecule has 0 aliphatic heterocycles. The number of benzene rings is 1. The van der Waals surface area contributed by atoms with E-state index in [0.717, 1.165) is 12.0 Å². The van der Waals surface area contributed by atoms with Gasteiger partial charge in [0.2, 0.25) is 0 Å². The summed E-state index contributed by atoms with van der Waals surface area (Å²) in [4.78, 5) is 11.9. The van der Waals surface area contributed by atoms with Crippen LogP contribution in [0.4, 0.5) is 0 Å². The molecule has 0 saturated heterocycles. The van der Waals surface area contributed by atoms with Crippen LogP contribution in [0.15, 0.2) is 30.3 Å². The minimum atomic E-state index is -0.386. The Morgan fingerprint density at radius 1 is 1.28 bits per heavy atom. The number of carbonyl (C=O) groups excluding carboxylic acids is 1. The van der Waals surface area contributed by atoms with Crippen molar-refractivity contribution in [3.8, 4) is 0 Å². The van der Waals surface area contributed by atoms with Crippen LogP contribution in [0.5, 0.6) is 0 Å². The fourth-order valence-electron chi connectivity index (χ4n) is 2.06. The van der Waals surface area contributed by atoms with E-state index in [-0.39, 0.29) is 12.0 Å². The average Bonchev–Trinajstić information content (AvgIpc) is 2.39. The normalized spacial score (nSPS) is 14.3. The third-order valence-corrected chi connectivity index (χ3v) is 3.20.